The van der Waals surface area contributed by atoms with Crippen molar-refractivity contribution in [2.24, 2.45) is 0 Å². The molecule has 3 nitrogen and oxygen atoms in total. The maximum atomic E-state index is 13.3. The summed E-state index contributed by atoms with van der Waals surface area (Å²) in [6.45, 7) is 0.221. The molecule has 1 aliphatic rings. The first-order valence-electron chi connectivity index (χ1n) is 5.46. The van der Waals surface area contributed by atoms with Gasteiger partial charge < -0.3 is 0 Å². The first-order valence-corrected chi connectivity index (χ1v) is 6.65. The maximum absolute atomic E-state index is 13.3. The van der Waals surface area contributed by atoms with E-state index in [1.54, 1.807) is 12.1 Å². The van der Waals surface area contributed by atoms with Gasteiger partial charge in [0.2, 0.25) is 0 Å². The number of amides is 1. The molecule has 1 aromatic heterocycles. The number of hydrogen-bond acceptors (Lipinski definition) is 3. The van der Waals surface area contributed by atoms with Crippen molar-refractivity contribution in [3.05, 3.63) is 50.9 Å². The second kappa shape index (κ2) is 4.43. The molecule has 0 saturated heterocycles. The summed E-state index contributed by atoms with van der Waals surface area (Å²) in [6.07, 6.45) is 0. The summed E-state index contributed by atoms with van der Waals surface area (Å²) in [5.74, 6) is -1.71. The van der Waals surface area contributed by atoms with Crippen molar-refractivity contribution >= 4 is 40.3 Å². The lowest BCUT2D eigenvalue weighted by Crippen LogP contribution is -2.28. The number of rotatable bonds is 2. The van der Waals surface area contributed by atoms with E-state index in [2.05, 4.69) is 0 Å². The van der Waals surface area contributed by atoms with E-state index in [0.717, 1.165) is 4.88 Å². The van der Waals surface area contributed by atoms with E-state index in [1.807, 2.05) is 0 Å². The molecule has 0 radical (unpaired) electrons. The Kier molecular flexibility index (Phi) is 2.88. The molecule has 0 unspecified atom stereocenters. The fourth-order valence-corrected chi connectivity index (χ4v) is 3.09. The van der Waals surface area contributed by atoms with E-state index in [0.29, 0.717) is 10.0 Å². The van der Waals surface area contributed by atoms with Gasteiger partial charge in [-0.1, -0.05) is 11.6 Å². The largest absolute Gasteiger partial charge is 0.299 e. The predicted octanol–water partition coefficient (Wildman–Crippen LogP) is 3.27. The minimum atomic E-state index is -0.634. The van der Waals surface area contributed by atoms with Gasteiger partial charge in [-0.05, 0) is 30.3 Å². The first-order chi connectivity index (χ1) is 9.06. The fraction of sp³-hybridized carbons (Fsp3) is 0.0769. The highest BCUT2D eigenvalue weighted by molar-refractivity contribution is 7.16. The zero-order chi connectivity index (χ0) is 13.6. The zero-order valence-corrected chi connectivity index (χ0v) is 11.1. The normalized spacial score (nSPS) is 14.1. The van der Waals surface area contributed by atoms with Crippen LogP contribution in [0, 0.1) is 5.82 Å². The average Bonchev–Trinajstić information content (AvgIpc) is 2.88. The molecule has 0 saturated carbocycles. The van der Waals surface area contributed by atoms with Crippen LogP contribution in [0.1, 0.15) is 15.2 Å². The quantitative estimate of drug-likeness (QED) is 0.798. The topological polar surface area (TPSA) is 37.4 Å². The van der Waals surface area contributed by atoms with Gasteiger partial charge in [0.05, 0.1) is 22.1 Å². The molecule has 1 amide bonds. The highest BCUT2D eigenvalue weighted by Crippen LogP contribution is 2.32. The third-order valence-corrected chi connectivity index (χ3v) is 4.09. The summed E-state index contributed by atoms with van der Waals surface area (Å²) in [6, 6.07) is 7.22. The van der Waals surface area contributed by atoms with Gasteiger partial charge in [-0.2, -0.15) is 0 Å². The molecule has 0 aliphatic carbocycles. The van der Waals surface area contributed by atoms with Gasteiger partial charge in [-0.15, -0.1) is 11.3 Å². The highest BCUT2D eigenvalue weighted by atomic mass is 35.5. The summed E-state index contributed by atoms with van der Waals surface area (Å²) >= 11 is 7.15. The zero-order valence-electron chi connectivity index (χ0n) is 9.52. The number of carbonyl (C=O) groups is 2. The van der Waals surface area contributed by atoms with Crippen LogP contribution < -0.4 is 4.90 Å². The van der Waals surface area contributed by atoms with Crippen LogP contribution in [0.5, 0.6) is 0 Å². The minimum absolute atomic E-state index is 0.221. The van der Waals surface area contributed by atoms with Gasteiger partial charge in [-0.3, -0.25) is 14.5 Å². The average molecular weight is 296 g/mol. The van der Waals surface area contributed by atoms with E-state index < -0.39 is 17.5 Å². The molecule has 19 heavy (non-hydrogen) atoms. The van der Waals surface area contributed by atoms with Crippen molar-refractivity contribution in [2.75, 3.05) is 4.90 Å². The number of halogens is 2. The number of nitrogens with zero attached hydrogens (tertiary/aromatic N) is 1. The molecule has 1 aliphatic heterocycles. The summed E-state index contributed by atoms with van der Waals surface area (Å²) in [4.78, 5) is 25.8. The summed E-state index contributed by atoms with van der Waals surface area (Å²) < 4.78 is 13.9. The summed E-state index contributed by atoms with van der Waals surface area (Å²) in [7, 11) is 0. The number of fused-ring (bicyclic) bond motifs is 1. The standard InChI is InChI=1S/C13H7ClFNO2S/c14-11-4-2-8(19-11)6-16-10-5-7(15)1-3-9(10)12(17)13(16)18/h1-5H,6H2. The van der Waals surface area contributed by atoms with Crippen molar-refractivity contribution in [1.82, 2.24) is 0 Å². The van der Waals surface area contributed by atoms with E-state index in [4.69, 9.17) is 11.6 Å². The molecule has 0 bridgehead atoms. The van der Waals surface area contributed by atoms with Crippen LogP contribution in [0.15, 0.2) is 30.3 Å². The van der Waals surface area contributed by atoms with Gasteiger partial charge >= 0.3 is 0 Å². The number of thiophene rings is 1. The van der Waals surface area contributed by atoms with Crippen molar-refractivity contribution < 1.29 is 14.0 Å². The number of anilines is 1. The molecule has 0 atom stereocenters. The number of benzene rings is 1. The van der Waals surface area contributed by atoms with Crippen LogP contribution in [0.25, 0.3) is 0 Å². The molecule has 6 heteroatoms. The third-order valence-electron chi connectivity index (χ3n) is 2.88. The molecule has 2 aromatic rings. The lowest BCUT2D eigenvalue weighted by atomic mass is 10.1. The van der Waals surface area contributed by atoms with Gasteiger partial charge in [0.15, 0.2) is 0 Å². The minimum Gasteiger partial charge on any atom is -0.299 e. The Morgan fingerprint density at radius 3 is 2.68 bits per heavy atom. The van der Waals surface area contributed by atoms with Crippen molar-refractivity contribution in [3.8, 4) is 0 Å². The van der Waals surface area contributed by atoms with Crippen LogP contribution >= 0.6 is 22.9 Å². The molecule has 0 N–H and O–H groups in total. The van der Waals surface area contributed by atoms with Crippen molar-refractivity contribution in [2.45, 2.75) is 6.54 Å². The Labute approximate surface area is 117 Å². The van der Waals surface area contributed by atoms with Crippen LogP contribution in [0.3, 0.4) is 0 Å². The van der Waals surface area contributed by atoms with E-state index in [1.165, 1.54) is 34.4 Å². The molecular formula is C13H7ClFNO2S. The Balaban J connectivity index is 2.01. The second-order valence-electron chi connectivity index (χ2n) is 4.09. The second-order valence-corrected chi connectivity index (χ2v) is 5.89. The Bertz CT molecular complexity index is 698. The maximum Gasteiger partial charge on any atom is 0.299 e. The van der Waals surface area contributed by atoms with Crippen molar-refractivity contribution in [3.63, 3.8) is 0 Å². The monoisotopic (exact) mass is 295 g/mol. The first kappa shape index (κ1) is 12.3. The lowest BCUT2D eigenvalue weighted by Gasteiger charge is -2.15. The molecule has 3 rings (SSSR count). The highest BCUT2D eigenvalue weighted by Gasteiger charge is 2.36. The number of carbonyl (C=O) groups excluding carboxylic acids is 2. The van der Waals surface area contributed by atoms with Crippen LogP contribution in [-0.2, 0) is 11.3 Å². The van der Waals surface area contributed by atoms with E-state index >= 15 is 0 Å². The number of Topliss-reactive ketones (excluding diaryl/α,β-unsaturated/α-hetero) is 1. The number of ketones is 1. The predicted molar refractivity (Wildman–Crippen MR) is 71.2 cm³/mol. The smallest absolute Gasteiger partial charge is 0.299 e. The van der Waals surface area contributed by atoms with Crippen molar-refractivity contribution in [1.29, 1.82) is 0 Å². The Morgan fingerprint density at radius 1 is 1.21 bits per heavy atom. The number of hydrogen-bond donors (Lipinski definition) is 0. The Hall–Kier alpha value is -1.72. The van der Waals surface area contributed by atoms with Gasteiger partial charge in [0.25, 0.3) is 11.7 Å². The third kappa shape index (κ3) is 2.05. The molecule has 2 heterocycles. The van der Waals surface area contributed by atoms with Gasteiger partial charge in [0.1, 0.15) is 5.82 Å². The molecule has 0 spiro atoms. The summed E-state index contributed by atoms with van der Waals surface area (Å²) in [5.41, 5.74) is 0.563. The molecule has 0 fully saturated rings. The van der Waals surface area contributed by atoms with Crippen LogP contribution in [-0.4, -0.2) is 11.7 Å². The lowest BCUT2D eigenvalue weighted by molar-refractivity contribution is -0.114. The Morgan fingerprint density at radius 2 is 2.00 bits per heavy atom. The van der Waals surface area contributed by atoms with Gasteiger partial charge in [-0.25, -0.2) is 4.39 Å². The van der Waals surface area contributed by atoms with E-state index in [-0.39, 0.29) is 12.1 Å². The molecular weight excluding hydrogens is 289 g/mol. The van der Waals surface area contributed by atoms with E-state index in [9.17, 15) is 14.0 Å². The molecule has 96 valence electrons. The van der Waals surface area contributed by atoms with Crippen LogP contribution in [0.4, 0.5) is 10.1 Å². The molecule has 1 aromatic carbocycles. The van der Waals surface area contributed by atoms with Crippen LogP contribution in [0.2, 0.25) is 4.34 Å². The van der Waals surface area contributed by atoms with Gasteiger partial charge in [0, 0.05) is 4.88 Å². The fourth-order valence-electron chi connectivity index (χ4n) is 2.02. The SMILES string of the molecule is O=C1C(=O)N(Cc2ccc(Cl)s2)c2cc(F)ccc21. The summed E-state index contributed by atoms with van der Waals surface area (Å²) in [5, 5.41) is 0.